The monoisotopic (exact) mass is 214 g/mol. The van der Waals surface area contributed by atoms with Crippen LogP contribution in [0.4, 0.5) is 0 Å². The molecule has 2 heterocycles. The van der Waals surface area contributed by atoms with Crippen LogP contribution in [0.3, 0.4) is 0 Å². The normalized spacial score (nSPS) is 38.4. The molecule has 2 atom stereocenters. The van der Waals surface area contributed by atoms with E-state index in [4.69, 9.17) is 0 Å². The lowest BCUT2D eigenvalue weighted by Gasteiger charge is -2.33. The Bertz CT molecular complexity index is 184. The number of rotatable bonds is 3. The summed E-state index contributed by atoms with van der Waals surface area (Å²) in [6.45, 7) is 4.81. The molecule has 0 saturated carbocycles. The van der Waals surface area contributed by atoms with Gasteiger partial charge in [-0.1, -0.05) is 0 Å². The van der Waals surface area contributed by atoms with E-state index in [1.165, 1.54) is 43.9 Å². The van der Waals surface area contributed by atoms with Crippen molar-refractivity contribution in [3.05, 3.63) is 0 Å². The Morgan fingerprint density at radius 3 is 3.00 bits per heavy atom. The van der Waals surface area contributed by atoms with Gasteiger partial charge in [0, 0.05) is 23.9 Å². The van der Waals surface area contributed by atoms with Crippen LogP contribution in [-0.2, 0) is 0 Å². The van der Waals surface area contributed by atoms with Crippen LogP contribution in [-0.4, -0.2) is 48.1 Å². The molecule has 2 saturated heterocycles. The van der Waals surface area contributed by atoms with Gasteiger partial charge < -0.3 is 10.2 Å². The molecule has 2 unspecified atom stereocenters. The van der Waals surface area contributed by atoms with Gasteiger partial charge in [-0.15, -0.1) is 0 Å². The Labute approximate surface area is 91.8 Å². The molecule has 0 aromatic heterocycles. The maximum atomic E-state index is 3.64. The Kier molecular flexibility index (Phi) is 3.40. The van der Waals surface area contributed by atoms with Crippen LogP contribution in [0, 0.1) is 0 Å². The molecule has 3 heteroatoms. The Morgan fingerprint density at radius 2 is 2.43 bits per heavy atom. The lowest BCUT2D eigenvalue weighted by Crippen LogP contribution is -2.49. The minimum Gasteiger partial charge on any atom is -0.310 e. The summed E-state index contributed by atoms with van der Waals surface area (Å²) in [5, 5.41) is 3.64. The molecule has 1 N–H and O–H groups in total. The van der Waals surface area contributed by atoms with E-state index in [1.807, 2.05) is 0 Å². The maximum absolute atomic E-state index is 3.64. The van der Waals surface area contributed by atoms with Gasteiger partial charge in [-0.25, -0.2) is 0 Å². The van der Waals surface area contributed by atoms with E-state index in [1.54, 1.807) is 0 Å². The number of likely N-dealkylation sites (N-methyl/N-ethyl adjacent to an activating group) is 1. The van der Waals surface area contributed by atoms with E-state index in [0.29, 0.717) is 5.54 Å². The summed E-state index contributed by atoms with van der Waals surface area (Å²) in [5.74, 6) is 2.70. The first-order valence-corrected chi connectivity index (χ1v) is 6.88. The standard InChI is InChI=1S/C11H22N2S/c1-11(5-3-6-12-11)9-13(2)10-4-7-14-8-10/h10,12H,3-9H2,1-2H3. The minimum absolute atomic E-state index is 0.391. The van der Waals surface area contributed by atoms with Gasteiger partial charge in [0.2, 0.25) is 0 Å². The highest BCUT2D eigenvalue weighted by Gasteiger charge is 2.31. The second-order valence-electron chi connectivity index (χ2n) is 5.02. The topological polar surface area (TPSA) is 15.3 Å². The summed E-state index contributed by atoms with van der Waals surface area (Å²) in [6, 6.07) is 0.833. The molecule has 14 heavy (non-hydrogen) atoms. The van der Waals surface area contributed by atoms with Crippen molar-refractivity contribution in [2.45, 2.75) is 37.8 Å². The summed E-state index contributed by atoms with van der Waals surface area (Å²) >= 11 is 2.11. The van der Waals surface area contributed by atoms with Crippen LogP contribution in [0.25, 0.3) is 0 Å². The molecule has 2 rings (SSSR count). The van der Waals surface area contributed by atoms with Crippen molar-refractivity contribution in [3.8, 4) is 0 Å². The van der Waals surface area contributed by atoms with Crippen molar-refractivity contribution in [2.24, 2.45) is 0 Å². The van der Waals surface area contributed by atoms with Crippen molar-refractivity contribution in [3.63, 3.8) is 0 Å². The van der Waals surface area contributed by atoms with Crippen LogP contribution in [0.1, 0.15) is 26.2 Å². The lowest BCUT2D eigenvalue weighted by molar-refractivity contribution is 0.196. The fourth-order valence-electron chi connectivity index (χ4n) is 2.64. The second kappa shape index (κ2) is 4.42. The van der Waals surface area contributed by atoms with E-state index in [-0.39, 0.29) is 0 Å². The molecule has 0 aliphatic carbocycles. The molecular weight excluding hydrogens is 192 g/mol. The first-order valence-electron chi connectivity index (χ1n) is 5.73. The van der Waals surface area contributed by atoms with Gasteiger partial charge in [0.25, 0.3) is 0 Å². The third kappa shape index (κ3) is 2.44. The average molecular weight is 214 g/mol. The van der Waals surface area contributed by atoms with Gasteiger partial charge in [-0.3, -0.25) is 0 Å². The summed E-state index contributed by atoms with van der Waals surface area (Å²) in [4.78, 5) is 2.57. The predicted octanol–water partition coefficient (Wildman–Crippen LogP) is 1.57. The van der Waals surface area contributed by atoms with Crippen LogP contribution in [0.2, 0.25) is 0 Å². The summed E-state index contributed by atoms with van der Waals surface area (Å²) < 4.78 is 0. The molecular formula is C11H22N2S. The van der Waals surface area contributed by atoms with Gasteiger partial charge in [-0.05, 0) is 45.5 Å². The van der Waals surface area contributed by atoms with Gasteiger partial charge in [0.15, 0.2) is 0 Å². The number of nitrogens with one attached hydrogen (secondary N) is 1. The highest BCUT2D eigenvalue weighted by molar-refractivity contribution is 7.99. The molecule has 2 aliphatic rings. The Balaban J connectivity index is 1.83. The van der Waals surface area contributed by atoms with Crippen molar-refractivity contribution < 1.29 is 0 Å². The second-order valence-corrected chi connectivity index (χ2v) is 6.17. The first-order chi connectivity index (χ1) is 6.70. The van der Waals surface area contributed by atoms with E-state index in [9.17, 15) is 0 Å². The van der Waals surface area contributed by atoms with Crippen LogP contribution in [0.5, 0.6) is 0 Å². The SMILES string of the molecule is CN(CC1(C)CCCN1)C1CCSC1. The number of hydrogen-bond donors (Lipinski definition) is 1. The lowest BCUT2D eigenvalue weighted by atomic mass is 9.99. The van der Waals surface area contributed by atoms with E-state index < -0.39 is 0 Å². The van der Waals surface area contributed by atoms with Crippen LogP contribution >= 0.6 is 11.8 Å². The van der Waals surface area contributed by atoms with E-state index in [0.717, 1.165) is 6.04 Å². The van der Waals surface area contributed by atoms with Gasteiger partial charge in [-0.2, -0.15) is 11.8 Å². The molecule has 0 bridgehead atoms. The quantitative estimate of drug-likeness (QED) is 0.768. The van der Waals surface area contributed by atoms with E-state index >= 15 is 0 Å². The maximum Gasteiger partial charge on any atom is 0.0280 e. The third-order valence-electron chi connectivity index (χ3n) is 3.58. The molecule has 0 spiro atoms. The third-order valence-corrected chi connectivity index (χ3v) is 4.73. The van der Waals surface area contributed by atoms with Gasteiger partial charge in [0.1, 0.15) is 0 Å². The van der Waals surface area contributed by atoms with Gasteiger partial charge >= 0.3 is 0 Å². The molecule has 2 nitrogen and oxygen atoms in total. The van der Waals surface area contributed by atoms with Crippen molar-refractivity contribution in [1.82, 2.24) is 10.2 Å². The zero-order valence-corrected chi connectivity index (χ0v) is 10.2. The highest BCUT2D eigenvalue weighted by atomic mass is 32.2. The van der Waals surface area contributed by atoms with Gasteiger partial charge in [0.05, 0.1) is 0 Å². The average Bonchev–Trinajstić information content (AvgIpc) is 2.74. The zero-order chi connectivity index (χ0) is 10.0. The molecule has 0 radical (unpaired) electrons. The van der Waals surface area contributed by atoms with Crippen molar-refractivity contribution >= 4 is 11.8 Å². The minimum atomic E-state index is 0.391. The largest absolute Gasteiger partial charge is 0.310 e. The first kappa shape index (κ1) is 10.8. The van der Waals surface area contributed by atoms with Crippen molar-refractivity contribution in [1.29, 1.82) is 0 Å². The number of thioether (sulfide) groups is 1. The molecule has 82 valence electrons. The van der Waals surface area contributed by atoms with Crippen molar-refractivity contribution in [2.75, 3.05) is 31.6 Å². The van der Waals surface area contributed by atoms with E-state index in [2.05, 4.69) is 35.9 Å². The smallest absolute Gasteiger partial charge is 0.0280 e. The molecule has 0 aromatic carbocycles. The summed E-state index contributed by atoms with van der Waals surface area (Å²) in [5.41, 5.74) is 0.391. The number of nitrogens with zero attached hydrogens (tertiary/aromatic N) is 1. The Morgan fingerprint density at radius 1 is 1.57 bits per heavy atom. The highest BCUT2D eigenvalue weighted by Crippen LogP contribution is 2.25. The molecule has 2 fully saturated rings. The molecule has 2 aliphatic heterocycles. The fourth-order valence-corrected chi connectivity index (χ4v) is 3.94. The zero-order valence-electron chi connectivity index (χ0n) is 9.38. The summed E-state index contributed by atoms with van der Waals surface area (Å²) in [7, 11) is 2.29. The number of hydrogen-bond acceptors (Lipinski definition) is 3. The predicted molar refractivity (Wildman–Crippen MR) is 64.0 cm³/mol. The fraction of sp³-hybridized carbons (Fsp3) is 1.00. The van der Waals surface area contributed by atoms with Crippen LogP contribution < -0.4 is 5.32 Å². The summed E-state index contributed by atoms with van der Waals surface area (Å²) in [6.07, 6.45) is 4.08. The van der Waals surface area contributed by atoms with Crippen LogP contribution in [0.15, 0.2) is 0 Å². The Hall–Kier alpha value is 0.270. The molecule has 0 amide bonds. The molecule has 0 aromatic rings.